The van der Waals surface area contributed by atoms with E-state index in [-0.39, 0.29) is 23.3 Å². The standard InChI is InChI=1S/C17H12ClF6IN2O2/c18-14-13(12(25)1-2-26-14)15(29)27(3-4-28)8-9-5-10(16(19,20)21)7-11(6-9)17(22,23)24/h1-2,5-7,28H,3-4,8H2. The lowest BCUT2D eigenvalue weighted by atomic mass is 10.0. The topological polar surface area (TPSA) is 53.4 Å². The maximum atomic E-state index is 13.0. The average molecular weight is 553 g/mol. The first-order valence-electron chi connectivity index (χ1n) is 7.83. The van der Waals surface area contributed by atoms with Gasteiger partial charge in [-0.1, -0.05) is 11.6 Å². The number of alkyl halides is 6. The van der Waals surface area contributed by atoms with Crippen LogP contribution < -0.4 is 0 Å². The van der Waals surface area contributed by atoms with Crippen LogP contribution in [0.3, 0.4) is 0 Å². The fraction of sp³-hybridized carbons (Fsp3) is 0.294. The quantitative estimate of drug-likeness (QED) is 0.322. The summed E-state index contributed by atoms with van der Waals surface area (Å²) < 4.78 is 78.6. The minimum Gasteiger partial charge on any atom is -0.395 e. The van der Waals surface area contributed by atoms with Crippen molar-refractivity contribution in [2.24, 2.45) is 0 Å². The normalized spacial score (nSPS) is 12.2. The number of amides is 1. The maximum Gasteiger partial charge on any atom is 0.416 e. The van der Waals surface area contributed by atoms with E-state index in [9.17, 15) is 36.2 Å². The Hall–Kier alpha value is -1.60. The summed E-state index contributed by atoms with van der Waals surface area (Å²) in [5.41, 5.74) is -3.45. The number of nitrogens with zero attached hydrogens (tertiary/aromatic N) is 2. The molecule has 158 valence electrons. The van der Waals surface area contributed by atoms with Crippen LogP contribution >= 0.6 is 34.2 Å². The highest BCUT2D eigenvalue weighted by atomic mass is 127. The Bertz CT molecular complexity index is 852. The second-order valence-corrected chi connectivity index (χ2v) is 7.34. The predicted octanol–water partition coefficient (Wildman–Crippen LogP) is 5.01. The third kappa shape index (κ3) is 5.95. The molecular weight excluding hydrogens is 541 g/mol. The number of carbonyl (C=O) groups excluding carboxylic acids is 1. The molecule has 0 spiro atoms. The van der Waals surface area contributed by atoms with Gasteiger partial charge >= 0.3 is 12.4 Å². The van der Waals surface area contributed by atoms with Crippen LogP contribution in [-0.2, 0) is 18.9 Å². The first kappa shape index (κ1) is 23.7. The highest BCUT2D eigenvalue weighted by Crippen LogP contribution is 2.36. The van der Waals surface area contributed by atoms with Crippen LogP contribution in [-0.4, -0.2) is 34.0 Å². The van der Waals surface area contributed by atoms with Crippen molar-refractivity contribution in [3.05, 3.63) is 61.4 Å². The third-order valence-corrected chi connectivity index (χ3v) is 4.93. The number of halogens is 8. The van der Waals surface area contributed by atoms with Gasteiger partial charge in [-0.25, -0.2) is 4.98 Å². The SMILES string of the molecule is O=C(c1c(I)ccnc1Cl)N(CCO)Cc1cc(C(F)(F)F)cc(C(F)(F)F)c1. The van der Waals surface area contributed by atoms with Gasteiger partial charge in [0.15, 0.2) is 0 Å². The van der Waals surface area contributed by atoms with E-state index in [0.29, 0.717) is 15.7 Å². The molecule has 2 rings (SSSR count). The Morgan fingerprint density at radius 1 is 1.10 bits per heavy atom. The van der Waals surface area contributed by atoms with Crippen molar-refractivity contribution in [1.29, 1.82) is 0 Å². The summed E-state index contributed by atoms with van der Waals surface area (Å²) in [6, 6.07) is 2.52. The van der Waals surface area contributed by atoms with Gasteiger partial charge in [-0.15, -0.1) is 0 Å². The summed E-state index contributed by atoms with van der Waals surface area (Å²) in [5, 5.41) is 9.04. The number of pyridine rings is 1. The second-order valence-electron chi connectivity index (χ2n) is 5.82. The molecule has 0 saturated heterocycles. The number of aliphatic hydroxyl groups excluding tert-OH is 1. The molecule has 0 fully saturated rings. The maximum absolute atomic E-state index is 13.0. The lowest BCUT2D eigenvalue weighted by Crippen LogP contribution is -2.34. The largest absolute Gasteiger partial charge is 0.416 e. The zero-order valence-electron chi connectivity index (χ0n) is 14.3. The number of aromatic nitrogens is 1. The number of carbonyl (C=O) groups is 1. The van der Waals surface area contributed by atoms with Crippen LogP contribution in [0.4, 0.5) is 26.3 Å². The lowest BCUT2D eigenvalue weighted by molar-refractivity contribution is -0.143. The Labute approximate surface area is 179 Å². The zero-order chi connectivity index (χ0) is 22.0. The van der Waals surface area contributed by atoms with Crippen molar-refractivity contribution in [3.63, 3.8) is 0 Å². The Kier molecular flexibility index (Phi) is 7.38. The molecule has 0 radical (unpaired) electrons. The summed E-state index contributed by atoms with van der Waals surface area (Å²) in [6.07, 6.45) is -8.69. The van der Waals surface area contributed by atoms with Gasteiger partial charge in [-0.05, 0) is 52.4 Å². The zero-order valence-corrected chi connectivity index (χ0v) is 17.2. The summed E-state index contributed by atoms with van der Waals surface area (Å²) in [5.74, 6) is -0.785. The van der Waals surface area contributed by atoms with E-state index in [1.54, 1.807) is 22.6 Å². The minimum atomic E-state index is -5.01. The predicted molar refractivity (Wildman–Crippen MR) is 100 cm³/mol. The number of rotatable bonds is 5. The van der Waals surface area contributed by atoms with Crippen LogP contribution in [0.5, 0.6) is 0 Å². The Morgan fingerprint density at radius 2 is 1.66 bits per heavy atom. The molecule has 0 saturated carbocycles. The molecule has 29 heavy (non-hydrogen) atoms. The van der Waals surface area contributed by atoms with Gasteiger partial charge in [0, 0.05) is 22.9 Å². The monoisotopic (exact) mass is 552 g/mol. The third-order valence-electron chi connectivity index (χ3n) is 3.75. The Balaban J connectivity index is 2.48. The molecule has 0 atom stereocenters. The molecule has 0 bridgehead atoms. The van der Waals surface area contributed by atoms with E-state index in [2.05, 4.69) is 4.98 Å². The van der Waals surface area contributed by atoms with E-state index in [1.807, 2.05) is 0 Å². The molecule has 1 amide bonds. The van der Waals surface area contributed by atoms with Crippen molar-refractivity contribution < 1.29 is 36.2 Å². The van der Waals surface area contributed by atoms with Crippen LogP contribution in [0.2, 0.25) is 5.15 Å². The number of hydrogen-bond donors (Lipinski definition) is 1. The first-order valence-corrected chi connectivity index (χ1v) is 9.28. The van der Waals surface area contributed by atoms with Crippen LogP contribution in [0, 0.1) is 3.57 Å². The second kappa shape index (κ2) is 9.04. The van der Waals surface area contributed by atoms with Crippen molar-refractivity contribution in [2.75, 3.05) is 13.2 Å². The van der Waals surface area contributed by atoms with E-state index < -0.39 is 48.1 Å². The van der Waals surface area contributed by atoms with Crippen LogP contribution in [0.15, 0.2) is 30.5 Å². The van der Waals surface area contributed by atoms with E-state index in [1.165, 1.54) is 12.3 Å². The van der Waals surface area contributed by atoms with Gasteiger partial charge in [-0.3, -0.25) is 4.79 Å². The van der Waals surface area contributed by atoms with Gasteiger partial charge < -0.3 is 10.0 Å². The molecule has 0 unspecified atom stereocenters. The molecule has 0 aliphatic heterocycles. The van der Waals surface area contributed by atoms with E-state index >= 15 is 0 Å². The molecule has 0 aliphatic carbocycles. The summed E-state index contributed by atoms with van der Waals surface area (Å²) >= 11 is 7.71. The van der Waals surface area contributed by atoms with Gasteiger partial charge in [-0.2, -0.15) is 26.3 Å². The molecule has 12 heteroatoms. The van der Waals surface area contributed by atoms with Gasteiger partial charge in [0.1, 0.15) is 5.15 Å². The first-order chi connectivity index (χ1) is 13.3. The number of aliphatic hydroxyl groups is 1. The average Bonchev–Trinajstić information content (AvgIpc) is 2.59. The van der Waals surface area contributed by atoms with Crippen LogP contribution in [0.25, 0.3) is 0 Å². The lowest BCUT2D eigenvalue weighted by Gasteiger charge is -2.24. The molecule has 1 aromatic heterocycles. The van der Waals surface area contributed by atoms with E-state index in [4.69, 9.17) is 11.6 Å². The summed E-state index contributed by atoms with van der Waals surface area (Å²) in [4.78, 5) is 17.4. The highest BCUT2D eigenvalue weighted by molar-refractivity contribution is 14.1. The molecule has 1 heterocycles. The smallest absolute Gasteiger partial charge is 0.395 e. The van der Waals surface area contributed by atoms with Gasteiger partial charge in [0.2, 0.25) is 0 Å². The summed E-state index contributed by atoms with van der Waals surface area (Å²) in [6.45, 7) is -1.50. The fourth-order valence-corrected chi connectivity index (χ4v) is 3.51. The van der Waals surface area contributed by atoms with Gasteiger partial charge in [0.05, 0.1) is 23.3 Å². The molecule has 1 aromatic carbocycles. The molecule has 2 aromatic rings. The number of hydrogen-bond acceptors (Lipinski definition) is 3. The van der Waals surface area contributed by atoms with Gasteiger partial charge in [0.25, 0.3) is 5.91 Å². The van der Waals surface area contributed by atoms with Crippen LogP contribution in [0.1, 0.15) is 27.0 Å². The fourth-order valence-electron chi connectivity index (χ4n) is 2.47. The highest BCUT2D eigenvalue weighted by Gasteiger charge is 2.37. The Morgan fingerprint density at radius 3 is 2.10 bits per heavy atom. The van der Waals surface area contributed by atoms with Crippen molar-refractivity contribution in [1.82, 2.24) is 9.88 Å². The molecular formula is C17H12ClF6IN2O2. The number of benzene rings is 1. The molecule has 0 aliphatic rings. The minimum absolute atomic E-state index is 0.00261. The molecule has 1 N–H and O–H groups in total. The molecule has 4 nitrogen and oxygen atoms in total. The van der Waals surface area contributed by atoms with Crippen molar-refractivity contribution in [2.45, 2.75) is 18.9 Å². The van der Waals surface area contributed by atoms with Crippen molar-refractivity contribution >= 4 is 40.1 Å². The van der Waals surface area contributed by atoms with E-state index in [0.717, 1.165) is 4.90 Å². The van der Waals surface area contributed by atoms with Crippen molar-refractivity contribution in [3.8, 4) is 0 Å². The summed E-state index contributed by atoms with van der Waals surface area (Å²) in [7, 11) is 0.